The maximum absolute atomic E-state index is 11.6. The standard InChI is InChI=1S/C6H10F3N/c1-10-3-5(4-10)2-6(7,8)9/h5H,2-4H2,1H3. The van der Waals surface area contributed by atoms with E-state index in [1.807, 2.05) is 11.9 Å². The van der Waals surface area contributed by atoms with Crippen molar-refractivity contribution in [3.8, 4) is 0 Å². The Hall–Kier alpha value is -0.250. The van der Waals surface area contributed by atoms with Gasteiger partial charge in [-0.2, -0.15) is 13.2 Å². The molecular weight excluding hydrogens is 143 g/mol. The van der Waals surface area contributed by atoms with Crippen LogP contribution in [0.5, 0.6) is 0 Å². The smallest absolute Gasteiger partial charge is 0.306 e. The lowest BCUT2D eigenvalue weighted by Gasteiger charge is -2.36. The molecule has 0 aromatic heterocycles. The zero-order chi connectivity index (χ0) is 7.78. The van der Waals surface area contributed by atoms with E-state index in [1.165, 1.54) is 0 Å². The molecule has 0 bridgehead atoms. The molecule has 0 saturated carbocycles. The van der Waals surface area contributed by atoms with Crippen molar-refractivity contribution < 1.29 is 13.2 Å². The number of hydrogen-bond donors (Lipinski definition) is 0. The first kappa shape index (κ1) is 7.85. The molecule has 0 aromatic carbocycles. The van der Waals surface area contributed by atoms with Crippen LogP contribution >= 0.6 is 0 Å². The van der Waals surface area contributed by atoms with Gasteiger partial charge in [-0.1, -0.05) is 0 Å². The summed E-state index contributed by atoms with van der Waals surface area (Å²) in [5.74, 6) is -0.148. The fraction of sp³-hybridized carbons (Fsp3) is 1.00. The summed E-state index contributed by atoms with van der Waals surface area (Å²) in [6.45, 7) is 1.19. The molecule has 0 unspecified atom stereocenters. The normalized spacial score (nSPS) is 22.8. The molecule has 0 radical (unpaired) electrons. The Morgan fingerprint density at radius 3 is 2.20 bits per heavy atom. The van der Waals surface area contributed by atoms with Crippen LogP contribution in [0.2, 0.25) is 0 Å². The molecule has 10 heavy (non-hydrogen) atoms. The fourth-order valence-corrected chi connectivity index (χ4v) is 1.28. The number of alkyl halides is 3. The predicted octanol–water partition coefficient (Wildman–Crippen LogP) is 1.50. The van der Waals surface area contributed by atoms with E-state index in [0.717, 1.165) is 0 Å². The Bertz CT molecular complexity index is 115. The van der Waals surface area contributed by atoms with Gasteiger partial charge in [0, 0.05) is 19.5 Å². The minimum atomic E-state index is -3.97. The van der Waals surface area contributed by atoms with Crippen molar-refractivity contribution in [2.45, 2.75) is 12.6 Å². The van der Waals surface area contributed by atoms with Gasteiger partial charge in [0.1, 0.15) is 0 Å². The van der Waals surface area contributed by atoms with Gasteiger partial charge in [-0.25, -0.2) is 0 Å². The van der Waals surface area contributed by atoms with Gasteiger partial charge < -0.3 is 4.90 Å². The summed E-state index contributed by atoms with van der Waals surface area (Å²) < 4.78 is 34.9. The van der Waals surface area contributed by atoms with E-state index < -0.39 is 12.6 Å². The quantitative estimate of drug-likeness (QED) is 0.551. The van der Waals surface area contributed by atoms with Gasteiger partial charge in [0.25, 0.3) is 0 Å². The highest BCUT2D eigenvalue weighted by Crippen LogP contribution is 2.29. The summed E-state index contributed by atoms with van der Waals surface area (Å²) in [6.07, 6.45) is -4.58. The second-order valence-corrected chi connectivity index (χ2v) is 2.91. The van der Waals surface area contributed by atoms with Crippen LogP contribution in [0.15, 0.2) is 0 Å². The molecule has 0 aromatic rings. The molecular formula is C6H10F3N. The Labute approximate surface area is 57.8 Å². The van der Waals surface area contributed by atoms with E-state index in [1.54, 1.807) is 0 Å². The molecule has 0 N–H and O–H groups in total. The third kappa shape index (κ3) is 2.17. The number of likely N-dealkylation sites (tertiary alicyclic amines) is 1. The summed E-state index contributed by atoms with van der Waals surface area (Å²) in [5, 5.41) is 0. The average Bonchev–Trinajstić information content (AvgIpc) is 1.57. The van der Waals surface area contributed by atoms with Crippen LogP contribution in [0.3, 0.4) is 0 Å². The predicted molar refractivity (Wildman–Crippen MR) is 31.7 cm³/mol. The zero-order valence-electron chi connectivity index (χ0n) is 5.78. The molecule has 0 atom stereocenters. The molecule has 1 rings (SSSR count). The second kappa shape index (κ2) is 2.42. The Morgan fingerprint density at radius 1 is 1.40 bits per heavy atom. The molecule has 1 nitrogen and oxygen atoms in total. The number of halogens is 3. The highest BCUT2D eigenvalue weighted by atomic mass is 19.4. The Kier molecular flexibility index (Phi) is 1.90. The lowest BCUT2D eigenvalue weighted by molar-refractivity contribution is -0.154. The van der Waals surface area contributed by atoms with Gasteiger partial charge in [0.15, 0.2) is 0 Å². The highest BCUT2D eigenvalue weighted by molar-refractivity contribution is 4.78. The van der Waals surface area contributed by atoms with Crippen LogP contribution in [0.25, 0.3) is 0 Å². The van der Waals surface area contributed by atoms with Crippen molar-refractivity contribution in [2.24, 2.45) is 5.92 Å². The van der Waals surface area contributed by atoms with Gasteiger partial charge >= 0.3 is 6.18 Å². The summed E-state index contributed by atoms with van der Waals surface area (Å²) in [4.78, 5) is 1.89. The molecule has 0 aliphatic carbocycles. The first-order valence-electron chi connectivity index (χ1n) is 3.22. The van der Waals surface area contributed by atoms with Crippen molar-refractivity contribution in [2.75, 3.05) is 20.1 Å². The van der Waals surface area contributed by atoms with Gasteiger partial charge in [-0.15, -0.1) is 0 Å². The van der Waals surface area contributed by atoms with Gasteiger partial charge in [0.05, 0.1) is 0 Å². The highest BCUT2D eigenvalue weighted by Gasteiger charge is 2.36. The SMILES string of the molecule is CN1CC(CC(F)(F)F)C1. The first-order valence-corrected chi connectivity index (χ1v) is 3.22. The molecule has 1 aliphatic rings. The number of hydrogen-bond acceptors (Lipinski definition) is 1. The first-order chi connectivity index (χ1) is 4.47. The fourth-order valence-electron chi connectivity index (χ4n) is 1.28. The van der Waals surface area contributed by atoms with Crippen LogP contribution in [-0.2, 0) is 0 Å². The topological polar surface area (TPSA) is 3.24 Å². The maximum atomic E-state index is 11.6. The van der Waals surface area contributed by atoms with E-state index in [-0.39, 0.29) is 5.92 Å². The summed E-state index contributed by atoms with van der Waals surface area (Å²) in [5.41, 5.74) is 0. The molecule has 0 amide bonds. The van der Waals surface area contributed by atoms with Gasteiger partial charge in [-0.3, -0.25) is 0 Å². The van der Waals surface area contributed by atoms with Crippen LogP contribution in [0.1, 0.15) is 6.42 Å². The van der Waals surface area contributed by atoms with Crippen LogP contribution < -0.4 is 0 Å². The van der Waals surface area contributed by atoms with Crippen molar-refractivity contribution in [3.63, 3.8) is 0 Å². The molecule has 1 heterocycles. The minimum Gasteiger partial charge on any atom is -0.306 e. The van der Waals surface area contributed by atoms with Gasteiger partial charge in [-0.05, 0) is 13.0 Å². The summed E-state index contributed by atoms with van der Waals surface area (Å²) in [7, 11) is 1.83. The van der Waals surface area contributed by atoms with E-state index >= 15 is 0 Å². The Morgan fingerprint density at radius 2 is 1.90 bits per heavy atom. The Balaban J connectivity index is 2.16. The summed E-state index contributed by atoms with van der Waals surface area (Å²) in [6, 6.07) is 0. The molecule has 0 spiro atoms. The molecule has 60 valence electrons. The van der Waals surface area contributed by atoms with Crippen molar-refractivity contribution in [1.82, 2.24) is 4.90 Å². The second-order valence-electron chi connectivity index (χ2n) is 2.91. The number of nitrogens with zero attached hydrogens (tertiary/aromatic N) is 1. The van der Waals surface area contributed by atoms with E-state index in [4.69, 9.17) is 0 Å². The number of rotatable bonds is 1. The monoisotopic (exact) mass is 153 g/mol. The van der Waals surface area contributed by atoms with Crippen LogP contribution in [0.4, 0.5) is 13.2 Å². The van der Waals surface area contributed by atoms with E-state index in [0.29, 0.717) is 13.1 Å². The molecule has 4 heteroatoms. The van der Waals surface area contributed by atoms with Crippen LogP contribution in [0, 0.1) is 5.92 Å². The van der Waals surface area contributed by atoms with Crippen LogP contribution in [-0.4, -0.2) is 31.2 Å². The molecule has 1 fully saturated rings. The summed E-state index contributed by atoms with van der Waals surface area (Å²) >= 11 is 0. The molecule has 1 saturated heterocycles. The minimum absolute atomic E-state index is 0.148. The average molecular weight is 153 g/mol. The van der Waals surface area contributed by atoms with E-state index in [2.05, 4.69) is 0 Å². The third-order valence-corrected chi connectivity index (χ3v) is 1.66. The van der Waals surface area contributed by atoms with Crippen molar-refractivity contribution in [1.29, 1.82) is 0 Å². The van der Waals surface area contributed by atoms with Crippen molar-refractivity contribution in [3.05, 3.63) is 0 Å². The third-order valence-electron chi connectivity index (χ3n) is 1.66. The van der Waals surface area contributed by atoms with E-state index in [9.17, 15) is 13.2 Å². The lowest BCUT2D eigenvalue weighted by atomic mass is 9.97. The van der Waals surface area contributed by atoms with Crippen molar-refractivity contribution >= 4 is 0 Å². The lowest BCUT2D eigenvalue weighted by Crippen LogP contribution is -2.45. The zero-order valence-corrected chi connectivity index (χ0v) is 5.78. The largest absolute Gasteiger partial charge is 0.389 e. The van der Waals surface area contributed by atoms with Gasteiger partial charge in [0.2, 0.25) is 0 Å². The maximum Gasteiger partial charge on any atom is 0.389 e. The molecule has 1 aliphatic heterocycles.